The number of benzene rings is 1. The van der Waals surface area contributed by atoms with Gasteiger partial charge in [0.2, 0.25) is 0 Å². The van der Waals surface area contributed by atoms with Crippen LogP contribution in [-0.4, -0.2) is 16.7 Å². The normalized spacial score (nSPS) is 22.9. The second-order valence-electron chi connectivity index (χ2n) is 6.81. The minimum Gasteiger partial charge on any atom is -0.487 e. The van der Waals surface area contributed by atoms with Gasteiger partial charge in [-0.2, -0.15) is 0 Å². The first-order valence-corrected chi connectivity index (χ1v) is 7.49. The molecule has 108 valence electrons. The molecule has 0 unspecified atom stereocenters. The van der Waals surface area contributed by atoms with Gasteiger partial charge in [-0.25, -0.2) is 0 Å². The minimum atomic E-state index is -0.681. The monoisotopic (exact) mass is 274 g/mol. The fraction of sp³-hybridized carbons (Fsp3) is 0.588. The van der Waals surface area contributed by atoms with Crippen molar-refractivity contribution in [1.29, 1.82) is 0 Å². The van der Waals surface area contributed by atoms with Crippen molar-refractivity contribution in [3.63, 3.8) is 0 Å². The number of fused-ring (bicyclic) bond motifs is 1. The Hall–Kier alpha value is -1.51. The van der Waals surface area contributed by atoms with Gasteiger partial charge in [-0.05, 0) is 43.9 Å². The second-order valence-corrected chi connectivity index (χ2v) is 6.81. The largest absolute Gasteiger partial charge is 0.487 e. The van der Waals surface area contributed by atoms with Gasteiger partial charge in [0.05, 0.1) is 5.41 Å². The maximum atomic E-state index is 11.9. The molecule has 1 aliphatic carbocycles. The standard InChI is InChI=1S/C17H22O3/c1-16(2)11-12-10-13(6-7-14(12)20-16)17(15(18)19)8-4-3-5-9-17/h6-7,10H,3-5,8-9,11H2,1-2H3,(H,18,19). The molecule has 3 rings (SSSR count). The van der Waals surface area contributed by atoms with Gasteiger partial charge in [-0.1, -0.05) is 31.4 Å². The van der Waals surface area contributed by atoms with E-state index in [1.807, 2.05) is 12.1 Å². The quantitative estimate of drug-likeness (QED) is 0.894. The van der Waals surface area contributed by atoms with Crippen molar-refractivity contribution in [3.05, 3.63) is 29.3 Å². The van der Waals surface area contributed by atoms with E-state index in [2.05, 4.69) is 19.9 Å². The minimum absolute atomic E-state index is 0.177. The maximum absolute atomic E-state index is 11.9. The Morgan fingerprint density at radius 2 is 1.90 bits per heavy atom. The fourth-order valence-corrected chi connectivity index (χ4v) is 3.69. The highest BCUT2D eigenvalue weighted by molar-refractivity contribution is 5.81. The summed E-state index contributed by atoms with van der Waals surface area (Å²) in [4.78, 5) is 11.9. The Morgan fingerprint density at radius 3 is 2.55 bits per heavy atom. The third-order valence-electron chi connectivity index (χ3n) is 4.73. The zero-order valence-electron chi connectivity index (χ0n) is 12.2. The molecule has 0 aromatic heterocycles. The third kappa shape index (κ3) is 2.09. The summed E-state index contributed by atoms with van der Waals surface area (Å²) >= 11 is 0. The van der Waals surface area contributed by atoms with Gasteiger partial charge in [-0.15, -0.1) is 0 Å². The first-order chi connectivity index (χ1) is 9.43. The molecule has 0 bridgehead atoms. The van der Waals surface area contributed by atoms with E-state index in [1.165, 1.54) is 0 Å². The summed E-state index contributed by atoms with van der Waals surface area (Å²) in [6.45, 7) is 4.14. The van der Waals surface area contributed by atoms with Crippen molar-refractivity contribution in [1.82, 2.24) is 0 Å². The number of hydrogen-bond acceptors (Lipinski definition) is 2. The lowest BCUT2D eigenvalue weighted by molar-refractivity contribution is -0.145. The van der Waals surface area contributed by atoms with E-state index in [9.17, 15) is 9.90 Å². The molecule has 1 N–H and O–H groups in total. The smallest absolute Gasteiger partial charge is 0.314 e. The molecule has 1 aromatic rings. The summed E-state index contributed by atoms with van der Waals surface area (Å²) in [5.41, 5.74) is 1.26. The van der Waals surface area contributed by atoms with Crippen LogP contribution in [-0.2, 0) is 16.6 Å². The van der Waals surface area contributed by atoms with Crippen LogP contribution in [0.5, 0.6) is 5.75 Å². The predicted molar refractivity (Wildman–Crippen MR) is 77.3 cm³/mol. The highest BCUT2D eigenvalue weighted by atomic mass is 16.5. The van der Waals surface area contributed by atoms with Crippen molar-refractivity contribution in [3.8, 4) is 5.75 Å². The fourth-order valence-electron chi connectivity index (χ4n) is 3.69. The molecule has 2 aliphatic rings. The highest BCUT2D eigenvalue weighted by Gasteiger charge is 2.42. The molecule has 1 aromatic carbocycles. The van der Waals surface area contributed by atoms with E-state index in [4.69, 9.17) is 4.74 Å². The number of carboxylic acid groups (broad SMARTS) is 1. The number of carboxylic acids is 1. The third-order valence-corrected chi connectivity index (χ3v) is 4.73. The Balaban J connectivity index is 2.00. The molecular weight excluding hydrogens is 252 g/mol. The summed E-state index contributed by atoms with van der Waals surface area (Å²) in [6.07, 6.45) is 5.52. The topological polar surface area (TPSA) is 46.5 Å². The van der Waals surface area contributed by atoms with E-state index >= 15 is 0 Å². The Kier molecular flexibility index (Phi) is 3.03. The van der Waals surface area contributed by atoms with Crippen molar-refractivity contribution < 1.29 is 14.6 Å². The number of carbonyl (C=O) groups is 1. The number of rotatable bonds is 2. The molecular formula is C17H22O3. The van der Waals surface area contributed by atoms with E-state index in [-0.39, 0.29) is 5.60 Å². The van der Waals surface area contributed by atoms with Crippen LogP contribution < -0.4 is 4.74 Å². The molecule has 1 saturated carbocycles. The number of ether oxygens (including phenoxy) is 1. The van der Waals surface area contributed by atoms with Gasteiger partial charge in [0.25, 0.3) is 0 Å². The van der Waals surface area contributed by atoms with E-state index in [0.29, 0.717) is 0 Å². The van der Waals surface area contributed by atoms with Gasteiger partial charge >= 0.3 is 5.97 Å². The average molecular weight is 274 g/mol. The average Bonchev–Trinajstić information content (AvgIpc) is 2.72. The van der Waals surface area contributed by atoms with Crippen LogP contribution >= 0.6 is 0 Å². The zero-order chi connectivity index (χ0) is 14.4. The molecule has 3 heteroatoms. The van der Waals surface area contributed by atoms with Gasteiger partial charge in [0.1, 0.15) is 11.4 Å². The Bertz CT molecular complexity index is 539. The summed E-state index contributed by atoms with van der Waals surface area (Å²) in [6, 6.07) is 5.99. The van der Waals surface area contributed by atoms with Crippen LogP contribution in [0, 0.1) is 0 Å². The zero-order valence-corrected chi connectivity index (χ0v) is 12.2. The van der Waals surface area contributed by atoms with Crippen LogP contribution in [0.4, 0.5) is 0 Å². The molecule has 0 saturated heterocycles. The van der Waals surface area contributed by atoms with Crippen LogP contribution in [0.2, 0.25) is 0 Å². The van der Waals surface area contributed by atoms with E-state index in [0.717, 1.165) is 55.4 Å². The first kappa shape index (κ1) is 13.5. The van der Waals surface area contributed by atoms with E-state index < -0.39 is 11.4 Å². The lowest BCUT2D eigenvalue weighted by Crippen LogP contribution is -2.37. The van der Waals surface area contributed by atoms with Gasteiger partial charge < -0.3 is 9.84 Å². The summed E-state index contributed by atoms with van der Waals surface area (Å²) in [7, 11) is 0. The summed E-state index contributed by atoms with van der Waals surface area (Å²) < 4.78 is 5.88. The van der Waals surface area contributed by atoms with Gasteiger partial charge in [0, 0.05) is 6.42 Å². The highest BCUT2D eigenvalue weighted by Crippen LogP contribution is 2.43. The molecule has 1 heterocycles. The van der Waals surface area contributed by atoms with Crippen LogP contribution in [0.3, 0.4) is 0 Å². The van der Waals surface area contributed by atoms with Crippen LogP contribution in [0.15, 0.2) is 18.2 Å². The van der Waals surface area contributed by atoms with E-state index in [1.54, 1.807) is 0 Å². The number of aliphatic carboxylic acids is 1. The molecule has 1 fully saturated rings. The van der Waals surface area contributed by atoms with Crippen molar-refractivity contribution in [2.24, 2.45) is 0 Å². The lowest BCUT2D eigenvalue weighted by atomic mass is 9.69. The van der Waals surface area contributed by atoms with Crippen LogP contribution in [0.25, 0.3) is 0 Å². The van der Waals surface area contributed by atoms with Crippen molar-refractivity contribution >= 4 is 5.97 Å². The molecule has 0 atom stereocenters. The van der Waals surface area contributed by atoms with Crippen molar-refractivity contribution in [2.45, 2.75) is 63.4 Å². The van der Waals surface area contributed by atoms with Crippen molar-refractivity contribution in [2.75, 3.05) is 0 Å². The molecule has 0 spiro atoms. The molecule has 1 aliphatic heterocycles. The maximum Gasteiger partial charge on any atom is 0.314 e. The van der Waals surface area contributed by atoms with Gasteiger partial charge in [0.15, 0.2) is 0 Å². The molecule has 20 heavy (non-hydrogen) atoms. The molecule has 3 nitrogen and oxygen atoms in total. The molecule has 0 amide bonds. The lowest BCUT2D eigenvalue weighted by Gasteiger charge is -2.33. The summed E-state index contributed by atoms with van der Waals surface area (Å²) in [5.74, 6) is 0.241. The molecule has 0 radical (unpaired) electrons. The van der Waals surface area contributed by atoms with Crippen LogP contribution in [0.1, 0.15) is 57.1 Å². The van der Waals surface area contributed by atoms with Gasteiger partial charge in [-0.3, -0.25) is 4.79 Å². The summed E-state index contributed by atoms with van der Waals surface area (Å²) in [5, 5.41) is 9.76. The SMILES string of the molecule is CC1(C)Cc2cc(C3(C(=O)O)CCCCC3)ccc2O1. The Morgan fingerprint density at radius 1 is 1.20 bits per heavy atom. The first-order valence-electron chi connectivity index (χ1n) is 7.49. The Labute approximate surface area is 120 Å². The predicted octanol–water partition coefficient (Wildman–Crippen LogP) is 3.69. The second kappa shape index (κ2) is 4.51. The number of hydrogen-bond donors (Lipinski definition) is 1.